The van der Waals surface area contributed by atoms with Gasteiger partial charge >= 0.3 is 5.97 Å². The normalized spacial score (nSPS) is 10.1. The van der Waals surface area contributed by atoms with Gasteiger partial charge in [-0.25, -0.2) is 4.79 Å². The van der Waals surface area contributed by atoms with E-state index in [2.05, 4.69) is 16.2 Å². The van der Waals surface area contributed by atoms with Gasteiger partial charge in [0.25, 0.3) is 11.8 Å². The SMILES string of the molecule is COC(=O)c1c(NC(=S)NNC(=O)c2cc(OC)cc(OC)c2)sc(C(=O)N(C)C)c1C. The van der Waals surface area contributed by atoms with Gasteiger partial charge in [-0.3, -0.25) is 20.4 Å². The fraction of sp³-hybridized carbons (Fsp3) is 0.300. The summed E-state index contributed by atoms with van der Waals surface area (Å²) in [5, 5.41) is 3.15. The molecule has 0 saturated heterocycles. The molecule has 0 aliphatic heterocycles. The van der Waals surface area contributed by atoms with Crippen molar-refractivity contribution in [3.63, 3.8) is 0 Å². The van der Waals surface area contributed by atoms with Crippen molar-refractivity contribution < 1.29 is 28.6 Å². The summed E-state index contributed by atoms with van der Waals surface area (Å²) in [6.45, 7) is 1.65. The molecule has 0 radical (unpaired) electrons. The highest BCUT2D eigenvalue weighted by molar-refractivity contribution is 7.80. The second kappa shape index (κ2) is 10.8. The molecule has 0 bridgehead atoms. The van der Waals surface area contributed by atoms with E-state index in [0.29, 0.717) is 26.9 Å². The largest absolute Gasteiger partial charge is 0.497 e. The van der Waals surface area contributed by atoms with E-state index in [0.717, 1.165) is 11.3 Å². The second-order valence-electron chi connectivity index (χ2n) is 6.59. The number of amides is 2. The van der Waals surface area contributed by atoms with Gasteiger partial charge in [0.2, 0.25) is 0 Å². The maximum absolute atomic E-state index is 12.5. The van der Waals surface area contributed by atoms with Crippen molar-refractivity contribution >= 4 is 51.5 Å². The molecule has 2 rings (SSSR count). The number of methoxy groups -OCH3 is 3. The van der Waals surface area contributed by atoms with Crippen molar-refractivity contribution in [3.05, 3.63) is 39.8 Å². The lowest BCUT2D eigenvalue weighted by Gasteiger charge is -2.13. The molecular formula is C20H24N4O6S2. The highest BCUT2D eigenvalue weighted by atomic mass is 32.1. The van der Waals surface area contributed by atoms with Crippen LogP contribution in [0.5, 0.6) is 11.5 Å². The van der Waals surface area contributed by atoms with Crippen LogP contribution in [-0.2, 0) is 4.74 Å². The lowest BCUT2D eigenvalue weighted by molar-refractivity contribution is 0.0601. The van der Waals surface area contributed by atoms with Crippen LogP contribution >= 0.6 is 23.6 Å². The van der Waals surface area contributed by atoms with Gasteiger partial charge in [0.05, 0.1) is 31.8 Å². The summed E-state index contributed by atoms with van der Waals surface area (Å²) >= 11 is 6.29. The third-order valence-electron chi connectivity index (χ3n) is 4.27. The highest BCUT2D eigenvalue weighted by Gasteiger charge is 2.26. The Kier molecular flexibility index (Phi) is 8.38. The van der Waals surface area contributed by atoms with Gasteiger partial charge in [-0.1, -0.05) is 0 Å². The summed E-state index contributed by atoms with van der Waals surface area (Å²) in [6, 6.07) is 4.71. The summed E-state index contributed by atoms with van der Waals surface area (Å²) in [7, 11) is 7.43. The van der Waals surface area contributed by atoms with Gasteiger partial charge in [0, 0.05) is 25.7 Å². The minimum Gasteiger partial charge on any atom is -0.497 e. The van der Waals surface area contributed by atoms with Crippen LogP contribution in [0.4, 0.5) is 5.00 Å². The van der Waals surface area contributed by atoms with E-state index < -0.39 is 11.9 Å². The lowest BCUT2D eigenvalue weighted by Crippen LogP contribution is -2.43. The number of hydrazine groups is 1. The van der Waals surface area contributed by atoms with Crippen LogP contribution in [0.15, 0.2) is 18.2 Å². The molecule has 0 fully saturated rings. The molecule has 1 aromatic carbocycles. The molecule has 0 spiro atoms. The molecular weight excluding hydrogens is 456 g/mol. The first kappa shape index (κ1) is 24.9. The zero-order chi connectivity index (χ0) is 24.0. The Hall–Kier alpha value is -3.38. The number of hydrogen-bond acceptors (Lipinski definition) is 8. The van der Waals surface area contributed by atoms with Crippen molar-refractivity contribution in [1.29, 1.82) is 0 Å². The van der Waals surface area contributed by atoms with Gasteiger partial charge in [0.15, 0.2) is 5.11 Å². The number of rotatable bonds is 6. The monoisotopic (exact) mass is 480 g/mol. The predicted molar refractivity (Wildman–Crippen MR) is 125 cm³/mol. The Morgan fingerprint density at radius 2 is 1.59 bits per heavy atom. The molecule has 0 aliphatic carbocycles. The van der Waals surface area contributed by atoms with Gasteiger partial charge in [-0.05, 0) is 36.8 Å². The highest BCUT2D eigenvalue weighted by Crippen LogP contribution is 2.34. The van der Waals surface area contributed by atoms with E-state index in [1.165, 1.54) is 38.4 Å². The van der Waals surface area contributed by atoms with Crippen LogP contribution in [0.2, 0.25) is 0 Å². The first-order valence-corrected chi connectivity index (χ1v) is 10.4. The third kappa shape index (κ3) is 5.65. The summed E-state index contributed by atoms with van der Waals surface area (Å²) in [4.78, 5) is 39.0. The first-order chi connectivity index (χ1) is 15.1. The van der Waals surface area contributed by atoms with Crippen LogP contribution in [0.1, 0.15) is 36.0 Å². The van der Waals surface area contributed by atoms with E-state index in [1.807, 2.05) is 0 Å². The topological polar surface area (TPSA) is 118 Å². The number of anilines is 1. The number of thiophene rings is 1. The molecule has 0 aliphatic rings. The van der Waals surface area contributed by atoms with Crippen LogP contribution < -0.4 is 25.6 Å². The van der Waals surface area contributed by atoms with E-state index in [-0.39, 0.29) is 22.1 Å². The molecule has 0 saturated carbocycles. The molecule has 1 aromatic heterocycles. The van der Waals surface area contributed by atoms with Crippen LogP contribution in [0, 0.1) is 6.92 Å². The zero-order valence-corrected chi connectivity index (χ0v) is 20.1. The number of carbonyl (C=O) groups excluding carboxylic acids is 3. The van der Waals surface area contributed by atoms with E-state index in [4.69, 9.17) is 26.4 Å². The summed E-state index contributed by atoms with van der Waals surface area (Å²) in [6.07, 6.45) is 0. The van der Waals surface area contributed by atoms with E-state index >= 15 is 0 Å². The van der Waals surface area contributed by atoms with Crippen molar-refractivity contribution in [2.45, 2.75) is 6.92 Å². The van der Waals surface area contributed by atoms with Crippen molar-refractivity contribution in [1.82, 2.24) is 15.8 Å². The quantitative estimate of drug-likeness (QED) is 0.325. The van der Waals surface area contributed by atoms with Crippen molar-refractivity contribution in [3.8, 4) is 11.5 Å². The minimum absolute atomic E-state index is 0.00321. The number of nitrogens with zero attached hydrogens (tertiary/aromatic N) is 1. The Labute approximate surface area is 194 Å². The van der Waals surface area contributed by atoms with E-state index in [9.17, 15) is 14.4 Å². The van der Waals surface area contributed by atoms with Gasteiger partial charge in [-0.15, -0.1) is 11.3 Å². The average molecular weight is 481 g/mol. The van der Waals surface area contributed by atoms with Crippen LogP contribution in [-0.4, -0.2) is 63.2 Å². The maximum atomic E-state index is 12.5. The molecule has 2 amide bonds. The molecule has 2 aromatic rings. The number of thiocarbonyl (C=S) groups is 1. The molecule has 12 heteroatoms. The molecule has 0 unspecified atom stereocenters. The molecule has 3 N–H and O–H groups in total. The zero-order valence-electron chi connectivity index (χ0n) is 18.4. The predicted octanol–water partition coefficient (Wildman–Crippen LogP) is 2.19. The second-order valence-corrected chi connectivity index (χ2v) is 8.01. The standard InChI is InChI=1S/C20H24N4O6S2/c1-10-14(19(27)30-6)17(32-15(10)18(26)24(2)3)21-20(31)23-22-16(25)11-7-12(28-4)9-13(8-11)29-5/h7-9H,1-6H3,(H,22,25)(H2,21,23,31). The van der Waals surface area contributed by atoms with Crippen LogP contribution in [0.25, 0.3) is 0 Å². The minimum atomic E-state index is -0.616. The van der Waals surface area contributed by atoms with Crippen LogP contribution in [0.3, 0.4) is 0 Å². The molecule has 1 heterocycles. The number of hydrogen-bond donors (Lipinski definition) is 3. The Bertz CT molecular complexity index is 1030. The Morgan fingerprint density at radius 1 is 1.00 bits per heavy atom. The lowest BCUT2D eigenvalue weighted by atomic mass is 10.1. The summed E-state index contributed by atoms with van der Waals surface area (Å²) in [5.74, 6) is -0.472. The molecule has 10 nitrogen and oxygen atoms in total. The number of esters is 1. The fourth-order valence-electron chi connectivity index (χ4n) is 2.62. The Morgan fingerprint density at radius 3 is 2.09 bits per heavy atom. The number of benzene rings is 1. The molecule has 172 valence electrons. The smallest absolute Gasteiger partial charge is 0.341 e. The molecule has 32 heavy (non-hydrogen) atoms. The number of carbonyl (C=O) groups is 3. The number of ether oxygens (including phenoxy) is 3. The van der Waals surface area contributed by atoms with Gasteiger partial charge < -0.3 is 24.4 Å². The van der Waals surface area contributed by atoms with Gasteiger partial charge in [-0.2, -0.15) is 0 Å². The Balaban J connectivity index is 2.17. The maximum Gasteiger partial charge on any atom is 0.341 e. The summed E-state index contributed by atoms with van der Waals surface area (Å²) in [5.41, 5.74) is 5.96. The van der Waals surface area contributed by atoms with E-state index in [1.54, 1.807) is 27.1 Å². The average Bonchev–Trinajstić information content (AvgIpc) is 3.10. The summed E-state index contributed by atoms with van der Waals surface area (Å²) < 4.78 is 15.2. The first-order valence-electron chi connectivity index (χ1n) is 9.16. The molecule has 0 atom stereocenters. The van der Waals surface area contributed by atoms with Crippen molar-refractivity contribution in [2.75, 3.05) is 40.7 Å². The number of nitrogens with one attached hydrogen (secondary N) is 3. The third-order valence-corrected chi connectivity index (χ3v) is 5.67. The van der Waals surface area contributed by atoms with Gasteiger partial charge in [0.1, 0.15) is 16.5 Å². The fourth-order valence-corrected chi connectivity index (χ4v) is 4.05. The van der Waals surface area contributed by atoms with Crippen molar-refractivity contribution in [2.24, 2.45) is 0 Å².